The van der Waals surface area contributed by atoms with Crippen molar-refractivity contribution in [3.63, 3.8) is 0 Å². The molecule has 0 spiro atoms. The highest BCUT2D eigenvalue weighted by molar-refractivity contribution is 5.95. The molecular formula is C10H11N5O. The molecule has 2 heterocycles. The quantitative estimate of drug-likeness (QED) is 0.756. The third-order valence-electron chi connectivity index (χ3n) is 2.12. The molecule has 0 saturated carbocycles. The Labute approximate surface area is 91.9 Å². The van der Waals surface area contributed by atoms with E-state index in [0.717, 1.165) is 5.56 Å². The predicted molar refractivity (Wildman–Crippen MR) is 58.5 cm³/mol. The Morgan fingerprint density at radius 2 is 2.06 bits per heavy atom. The molecule has 0 aromatic carbocycles. The van der Waals surface area contributed by atoms with Crippen molar-refractivity contribution >= 4 is 11.6 Å². The lowest BCUT2D eigenvalue weighted by atomic mass is 10.3. The lowest BCUT2D eigenvalue weighted by Gasteiger charge is -1.99. The van der Waals surface area contributed by atoms with Crippen LogP contribution in [0.4, 0.5) is 5.69 Å². The summed E-state index contributed by atoms with van der Waals surface area (Å²) in [5.74, 6) is -0.619. The number of pyridine rings is 1. The third-order valence-corrected chi connectivity index (χ3v) is 2.12. The van der Waals surface area contributed by atoms with Crippen molar-refractivity contribution in [2.45, 2.75) is 6.54 Å². The molecule has 2 rings (SSSR count). The average molecular weight is 217 g/mol. The second-order valence-corrected chi connectivity index (χ2v) is 3.35. The van der Waals surface area contributed by atoms with Gasteiger partial charge < -0.3 is 11.5 Å². The molecule has 0 aliphatic rings. The molecule has 0 bridgehead atoms. The summed E-state index contributed by atoms with van der Waals surface area (Å²) in [5, 5.41) is 4.00. The molecule has 16 heavy (non-hydrogen) atoms. The number of rotatable bonds is 3. The van der Waals surface area contributed by atoms with Gasteiger partial charge in [-0.05, 0) is 17.7 Å². The summed E-state index contributed by atoms with van der Waals surface area (Å²) in [5.41, 5.74) is 12.1. The Morgan fingerprint density at radius 3 is 2.62 bits per heavy atom. The van der Waals surface area contributed by atoms with Crippen molar-refractivity contribution in [3.8, 4) is 0 Å². The number of nitrogens with zero attached hydrogens (tertiary/aromatic N) is 3. The molecule has 0 aliphatic heterocycles. The third kappa shape index (κ3) is 2.00. The van der Waals surface area contributed by atoms with E-state index in [0.29, 0.717) is 12.2 Å². The number of primary amides is 1. The van der Waals surface area contributed by atoms with Gasteiger partial charge in [0.25, 0.3) is 5.91 Å². The first-order valence-electron chi connectivity index (χ1n) is 4.68. The SMILES string of the molecule is NC(=O)c1nn(Cc2ccncc2)cc1N. The van der Waals surface area contributed by atoms with Crippen LogP contribution in [0.25, 0.3) is 0 Å². The lowest BCUT2D eigenvalue weighted by molar-refractivity contribution is 0.0995. The van der Waals surface area contributed by atoms with E-state index in [1.807, 2.05) is 12.1 Å². The fourth-order valence-corrected chi connectivity index (χ4v) is 1.38. The van der Waals surface area contributed by atoms with Gasteiger partial charge in [-0.15, -0.1) is 0 Å². The zero-order valence-corrected chi connectivity index (χ0v) is 8.50. The maximum absolute atomic E-state index is 10.9. The minimum atomic E-state index is -0.619. The van der Waals surface area contributed by atoms with Gasteiger partial charge in [-0.2, -0.15) is 5.10 Å². The van der Waals surface area contributed by atoms with Gasteiger partial charge in [0.2, 0.25) is 0 Å². The van der Waals surface area contributed by atoms with E-state index in [2.05, 4.69) is 10.1 Å². The highest BCUT2D eigenvalue weighted by Gasteiger charge is 2.11. The number of carbonyl (C=O) groups is 1. The van der Waals surface area contributed by atoms with Crippen molar-refractivity contribution in [3.05, 3.63) is 42.0 Å². The Morgan fingerprint density at radius 1 is 1.38 bits per heavy atom. The normalized spacial score (nSPS) is 10.2. The molecule has 0 fully saturated rings. The van der Waals surface area contributed by atoms with Crippen molar-refractivity contribution < 1.29 is 4.79 Å². The van der Waals surface area contributed by atoms with Gasteiger partial charge in [0.15, 0.2) is 5.69 Å². The van der Waals surface area contributed by atoms with Crippen molar-refractivity contribution in [1.82, 2.24) is 14.8 Å². The number of nitrogens with two attached hydrogens (primary N) is 2. The molecular weight excluding hydrogens is 206 g/mol. The van der Waals surface area contributed by atoms with E-state index in [9.17, 15) is 4.79 Å². The fraction of sp³-hybridized carbons (Fsp3) is 0.100. The summed E-state index contributed by atoms with van der Waals surface area (Å²) >= 11 is 0. The van der Waals surface area contributed by atoms with Crippen LogP contribution in [0.5, 0.6) is 0 Å². The number of hydrogen-bond acceptors (Lipinski definition) is 4. The van der Waals surface area contributed by atoms with Crippen LogP contribution in [0.1, 0.15) is 16.1 Å². The largest absolute Gasteiger partial charge is 0.396 e. The first-order valence-corrected chi connectivity index (χ1v) is 4.68. The van der Waals surface area contributed by atoms with Crippen LogP contribution >= 0.6 is 0 Å². The van der Waals surface area contributed by atoms with Crippen molar-refractivity contribution in [1.29, 1.82) is 0 Å². The van der Waals surface area contributed by atoms with Gasteiger partial charge in [0, 0.05) is 18.6 Å². The molecule has 6 heteroatoms. The summed E-state index contributed by atoms with van der Waals surface area (Å²) < 4.78 is 1.57. The topological polar surface area (TPSA) is 99.8 Å². The van der Waals surface area contributed by atoms with Crippen LogP contribution in [0.3, 0.4) is 0 Å². The Hall–Kier alpha value is -2.37. The number of aromatic nitrogens is 3. The Kier molecular flexibility index (Phi) is 2.55. The standard InChI is InChI=1S/C10H11N5O/c11-8-6-15(14-9(8)10(12)16)5-7-1-3-13-4-2-7/h1-4,6H,5,11H2,(H2,12,16). The fourth-order valence-electron chi connectivity index (χ4n) is 1.38. The lowest BCUT2D eigenvalue weighted by Crippen LogP contribution is -2.14. The highest BCUT2D eigenvalue weighted by atomic mass is 16.1. The maximum Gasteiger partial charge on any atom is 0.271 e. The van der Waals surface area contributed by atoms with Crippen molar-refractivity contribution in [2.75, 3.05) is 5.73 Å². The van der Waals surface area contributed by atoms with E-state index in [-0.39, 0.29) is 5.69 Å². The first-order chi connectivity index (χ1) is 7.66. The molecule has 6 nitrogen and oxygen atoms in total. The van der Waals surface area contributed by atoms with Gasteiger partial charge in [0.05, 0.1) is 12.2 Å². The molecule has 0 unspecified atom stereocenters. The monoisotopic (exact) mass is 217 g/mol. The minimum Gasteiger partial charge on any atom is -0.396 e. The summed E-state index contributed by atoms with van der Waals surface area (Å²) in [6.07, 6.45) is 4.97. The van der Waals surface area contributed by atoms with Crippen LogP contribution in [0.15, 0.2) is 30.7 Å². The minimum absolute atomic E-state index is 0.106. The van der Waals surface area contributed by atoms with Crippen LogP contribution in [-0.2, 0) is 6.54 Å². The van der Waals surface area contributed by atoms with Gasteiger partial charge in [-0.1, -0.05) is 0 Å². The smallest absolute Gasteiger partial charge is 0.271 e. The molecule has 0 saturated heterocycles. The predicted octanol–water partition coefficient (Wildman–Crippen LogP) is 0.00750. The maximum atomic E-state index is 10.9. The summed E-state index contributed by atoms with van der Waals surface area (Å²) in [7, 11) is 0. The van der Waals surface area contributed by atoms with Crippen LogP contribution in [-0.4, -0.2) is 20.7 Å². The molecule has 0 atom stereocenters. The summed E-state index contributed by atoms with van der Waals surface area (Å²) in [4.78, 5) is 14.9. The van der Waals surface area contributed by atoms with E-state index in [1.54, 1.807) is 23.3 Å². The number of carbonyl (C=O) groups excluding carboxylic acids is 1. The zero-order chi connectivity index (χ0) is 11.5. The summed E-state index contributed by atoms with van der Waals surface area (Å²) in [6, 6.07) is 3.73. The van der Waals surface area contributed by atoms with E-state index < -0.39 is 5.91 Å². The molecule has 82 valence electrons. The Balaban J connectivity index is 2.23. The Bertz CT molecular complexity index is 505. The number of anilines is 1. The van der Waals surface area contributed by atoms with Gasteiger partial charge in [0.1, 0.15) is 0 Å². The van der Waals surface area contributed by atoms with E-state index in [4.69, 9.17) is 11.5 Å². The molecule has 2 aromatic rings. The number of hydrogen-bond donors (Lipinski definition) is 2. The number of amides is 1. The molecule has 2 aromatic heterocycles. The second-order valence-electron chi connectivity index (χ2n) is 3.35. The summed E-state index contributed by atoms with van der Waals surface area (Å²) in [6.45, 7) is 0.528. The van der Waals surface area contributed by atoms with Crippen LogP contribution < -0.4 is 11.5 Å². The van der Waals surface area contributed by atoms with Gasteiger partial charge >= 0.3 is 0 Å². The molecule has 4 N–H and O–H groups in total. The molecule has 0 aliphatic carbocycles. The highest BCUT2D eigenvalue weighted by Crippen LogP contribution is 2.09. The number of nitrogen functional groups attached to an aromatic ring is 1. The zero-order valence-electron chi connectivity index (χ0n) is 8.50. The van der Waals surface area contributed by atoms with E-state index in [1.165, 1.54) is 0 Å². The average Bonchev–Trinajstić information content (AvgIpc) is 2.61. The van der Waals surface area contributed by atoms with E-state index >= 15 is 0 Å². The second kappa shape index (κ2) is 4.01. The molecule has 0 radical (unpaired) electrons. The van der Waals surface area contributed by atoms with Gasteiger partial charge in [-0.3, -0.25) is 14.5 Å². The first kappa shape index (κ1) is 10.2. The molecule has 1 amide bonds. The van der Waals surface area contributed by atoms with Crippen molar-refractivity contribution in [2.24, 2.45) is 5.73 Å². The van der Waals surface area contributed by atoms with Crippen LogP contribution in [0.2, 0.25) is 0 Å². The van der Waals surface area contributed by atoms with Crippen LogP contribution in [0, 0.1) is 0 Å². The van der Waals surface area contributed by atoms with Gasteiger partial charge in [-0.25, -0.2) is 0 Å².